The van der Waals surface area contributed by atoms with E-state index < -0.39 is 46.3 Å². The van der Waals surface area contributed by atoms with Gasteiger partial charge in [-0.2, -0.15) is 9.35 Å². The van der Waals surface area contributed by atoms with Crippen molar-refractivity contribution in [3.05, 3.63) is 11.1 Å². The van der Waals surface area contributed by atoms with Crippen LogP contribution in [0.4, 0.5) is 5.13 Å². The van der Waals surface area contributed by atoms with Crippen LogP contribution in [-0.2, 0) is 43.4 Å². The molecular weight excluding hydrogens is 574 g/mol. The molecule has 2 saturated heterocycles. The lowest BCUT2D eigenvalue weighted by molar-refractivity contribution is -0.228. The Balaban J connectivity index is 1.69. The third kappa shape index (κ3) is 7.91. The second-order valence-electron chi connectivity index (χ2n) is 9.58. The van der Waals surface area contributed by atoms with Crippen molar-refractivity contribution in [3.8, 4) is 0 Å². The van der Waals surface area contributed by atoms with E-state index in [0.717, 1.165) is 24.3 Å². The molecule has 0 spiro atoms. The molecule has 0 radical (unpaired) electrons. The highest BCUT2D eigenvalue weighted by molar-refractivity contribution is 7.80. The molecule has 2 aliphatic rings. The fraction of sp³-hybridized carbons (Fsp3) is 0.667. The van der Waals surface area contributed by atoms with Crippen LogP contribution in [0.1, 0.15) is 32.4 Å². The highest BCUT2D eigenvalue weighted by Gasteiger charge is 2.57. The van der Waals surface area contributed by atoms with Gasteiger partial charge in [0.2, 0.25) is 10.4 Å². The van der Waals surface area contributed by atoms with Gasteiger partial charge in [0.05, 0.1) is 17.6 Å². The molecule has 17 nitrogen and oxygen atoms in total. The zero-order valence-electron chi connectivity index (χ0n) is 22.1. The van der Waals surface area contributed by atoms with E-state index in [9.17, 15) is 27.4 Å². The van der Waals surface area contributed by atoms with Crippen molar-refractivity contribution >= 4 is 50.7 Å². The summed E-state index contributed by atoms with van der Waals surface area (Å²) in [5, 5.41) is 9.92. The first kappa shape index (κ1) is 31.7. The van der Waals surface area contributed by atoms with E-state index in [1.54, 1.807) is 0 Å². The van der Waals surface area contributed by atoms with Crippen LogP contribution in [0.5, 0.6) is 0 Å². The van der Waals surface area contributed by atoms with Crippen molar-refractivity contribution in [2.75, 3.05) is 45.6 Å². The Bertz CT molecular complexity index is 1210. The first-order valence-corrected chi connectivity index (χ1v) is 14.3. The van der Waals surface area contributed by atoms with Crippen LogP contribution < -0.4 is 11.5 Å². The van der Waals surface area contributed by atoms with Crippen molar-refractivity contribution in [2.45, 2.75) is 44.6 Å². The highest BCUT2D eigenvalue weighted by atomic mass is 32.3. The molecule has 2 aliphatic heterocycles. The van der Waals surface area contributed by atoms with Crippen molar-refractivity contribution in [1.82, 2.24) is 20.1 Å². The number of Topliss-reactive ketones (excluding diaryl/α,β-unsaturated/α-hetero) is 1. The third-order valence-electron chi connectivity index (χ3n) is 6.38. The van der Waals surface area contributed by atoms with Gasteiger partial charge in [-0.3, -0.25) is 14.4 Å². The van der Waals surface area contributed by atoms with Crippen LogP contribution >= 0.6 is 11.3 Å². The number of aromatic nitrogens is 1. The van der Waals surface area contributed by atoms with E-state index in [0.29, 0.717) is 24.7 Å². The Hall–Kier alpha value is -2.78. The number of thiazole rings is 1. The number of ether oxygens (including phenoxy) is 2. The third-order valence-corrected chi connectivity index (χ3v) is 7.39. The number of oxime groups is 1. The molecule has 3 atom stereocenters. The van der Waals surface area contributed by atoms with E-state index in [2.05, 4.69) is 19.4 Å². The van der Waals surface area contributed by atoms with Crippen LogP contribution in [0, 0.1) is 5.92 Å². The predicted octanol–water partition coefficient (Wildman–Crippen LogP) is -1.57. The summed E-state index contributed by atoms with van der Waals surface area (Å²) in [5.41, 5.74) is 9.70. The lowest BCUT2D eigenvalue weighted by Gasteiger charge is -2.51. The number of ketones is 1. The molecule has 2 unspecified atom stereocenters. The number of carbonyl (C=O) groups excluding carboxylic acids is 3. The Labute approximate surface area is 234 Å². The minimum Gasteiger partial charge on any atom is -0.724 e. The molecule has 1 amide bonds. The summed E-state index contributed by atoms with van der Waals surface area (Å²) in [6, 6.07) is 0. The number of likely N-dealkylation sites (N-methyl/N-ethyl adjacent to an activating group) is 1. The molecule has 19 heteroatoms. The minimum absolute atomic E-state index is 0.0473. The largest absolute Gasteiger partial charge is 0.724 e. The van der Waals surface area contributed by atoms with Gasteiger partial charge in [-0.15, -0.1) is 11.3 Å². The summed E-state index contributed by atoms with van der Waals surface area (Å²) in [5.74, 6) is -2.64. The van der Waals surface area contributed by atoms with Crippen molar-refractivity contribution < 1.29 is 45.9 Å². The monoisotopic (exact) mass is 606 g/mol. The summed E-state index contributed by atoms with van der Waals surface area (Å²) in [4.78, 5) is 46.2. The molecule has 4 N–H and O–H groups in total. The lowest BCUT2D eigenvalue weighted by atomic mass is 9.74. The summed E-state index contributed by atoms with van der Waals surface area (Å²) in [7, 11) is -3.29. The summed E-state index contributed by atoms with van der Waals surface area (Å²) < 4.78 is 47.8. The predicted molar refractivity (Wildman–Crippen MR) is 138 cm³/mol. The fourth-order valence-corrected chi connectivity index (χ4v) is 5.25. The van der Waals surface area contributed by atoms with Gasteiger partial charge < -0.3 is 30.3 Å². The van der Waals surface area contributed by atoms with Gasteiger partial charge in [-0.25, -0.2) is 23.4 Å². The molecule has 1 aromatic heterocycles. The SMILES string of the molecule is CN1CC(OC[C@@H](OC=O)ON=C(C(=O)CC2C(=O)N(OS(=O)(=O)[O-])C2(C)C)c2csc(N)n2)CN1CCCN. The van der Waals surface area contributed by atoms with Crippen LogP contribution in [0.2, 0.25) is 0 Å². The van der Waals surface area contributed by atoms with Gasteiger partial charge in [0.15, 0.2) is 16.6 Å². The number of β-lactam (4-membered cyclic amide) rings is 1. The maximum atomic E-state index is 13.2. The second kappa shape index (κ2) is 13.3. The second-order valence-corrected chi connectivity index (χ2v) is 11.4. The Morgan fingerprint density at radius 3 is 2.70 bits per heavy atom. The molecule has 0 bridgehead atoms. The molecule has 0 aliphatic carbocycles. The molecule has 0 saturated carbocycles. The fourth-order valence-electron chi connectivity index (χ4n) is 4.25. The maximum absolute atomic E-state index is 13.2. The van der Waals surface area contributed by atoms with Gasteiger partial charge in [0.25, 0.3) is 18.7 Å². The Morgan fingerprint density at radius 2 is 2.12 bits per heavy atom. The van der Waals surface area contributed by atoms with Crippen LogP contribution in [0.25, 0.3) is 0 Å². The number of hydrogen-bond acceptors (Lipinski definition) is 17. The van der Waals surface area contributed by atoms with E-state index in [4.69, 9.17) is 25.8 Å². The molecule has 2 fully saturated rings. The highest BCUT2D eigenvalue weighted by Crippen LogP contribution is 2.40. The quantitative estimate of drug-likeness (QED) is 0.0411. The number of nitrogens with two attached hydrogens (primary N) is 2. The topological polar surface area (TPSA) is 232 Å². The number of carbonyl (C=O) groups is 3. The van der Waals surface area contributed by atoms with Gasteiger partial charge in [-0.1, -0.05) is 5.16 Å². The van der Waals surface area contributed by atoms with Gasteiger partial charge >= 0.3 is 0 Å². The van der Waals surface area contributed by atoms with Crippen molar-refractivity contribution in [2.24, 2.45) is 16.8 Å². The molecular formula is C21H32N7O10S2-. The smallest absolute Gasteiger partial charge is 0.296 e. The Kier molecular flexibility index (Phi) is 10.5. The van der Waals surface area contributed by atoms with E-state index in [1.165, 1.54) is 19.2 Å². The number of hydrazine groups is 1. The van der Waals surface area contributed by atoms with Crippen molar-refractivity contribution in [1.29, 1.82) is 0 Å². The first-order chi connectivity index (χ1) is 18.8. The van der Waals surface area contributed by atoms with Crippen LogP contribution in [0.3, 0.4) is 0 Å². The van der Waals surface area contributed by atoms with Crippen LogP contribution in [-0.4, -0.2) is 115 Å². The number of nitrogen functional groups attached to an aromatic ring is 1. The minimum atomic E-state index is -5.20. The standard InChI is InChI=1S/C21H33N7O10S2/c1-21(2)14(19(31)28(21)38-40(32,33)34)7-16(30)18(15-11-39-20(23)24-15)25-37-17(36-12-29)10-35-13-8-26(3)27(9-13)6-4-5-22/h11-14,17H,4-10,22H2,1-3H3,(H2,23,24)(H,32,33,34)/p-1/t13?,14?,17-/m0/s1. The zero-order chi connectivity index (χ0) is 29.7. The van der Waals surface area contributed by atoms with Gasteiger partial charge in [-0.05, 0) is 26.8 Å². The van der Waals surface area contributed by atoms with Gasteiger partial charge in [0, 0.05) is 38.5 Å². The summed E-state index contributed by atoms with van der Waals surface area (Å²) in [6.07, 6.45) is -1.17. The number of hydroxylamine groups is 2. The van der Waals surface area contributed by atoms with E-state index in [-0.39, 0.29) is 35.7 Å². The number of nitrogens with zero attached hydrogens (tertiary/aromatic N) is 5. The number of hydrogen-bond donors (Lipinski definition) is 2. The molecule has 3 heterocycles. The molecule has 224 valence electrons. The normalized spacial score (nSPS) is 22.7. The molecule has 0 aromatic carbocycles. The molecule has 40 heavy (non-hydrogen) atoms. The molecule has 3 rings (SSSR count). The molecule has 1 aromatic rings. The number of amides is 1. The van der Waals surface area contributed by atoms with E-state index in [1.807, 2.05) is 12.1 Å². The van der Waals surface area contributed by atoms with Crippen molar-refractivity contribution in [3.63, 3.8) is 0 Å². The zero-order valence-corrected chi connectivity index (χ0v) is 23.8. The first-order valence-electron chi connectivity index (χ1n) is 12.1. The van der Waals surface area contributed by atoms with Crippen LogP contribution in [0.15, 0.2) is 10.5 Å². The Morgan fingerprint density at radius 1 is 1.40 bits per heavy atom. The number of rotatable bonds is 16. The average molecular weight is 607 g/mol. The average Bonchev–Trinajstić information content (AvgIpc) is 3.46. The number of anilines is 1. The lowest BCUT2D eigenvalue weighted by Crippen LogP contribution is -2.68. The maximum Gasteiger partial charge on any atom is 0.296 e. The summed E-state index contributed by atoms with van der Waals surface area (Å²) >= 11 is 1.03. The van der Waals surface area contributed by atoms with E-state index >= 15 is 0 Å². The van der Waals surface area contributed by atoms with Gasteiger partial charge in [0.1, 0.15) is 12.3 Å². The summed E-state index contributed by atoms with van der Waals surface area (Å²) in [6.45, 7) is 5.30.